The first kappa shape index (κ1) is 25.3. The van der Waals surface area contributed by atoms with E-state index in [1.54, 1.807) is 6.07 Å². The lowest BCUT2D eigenvalue weighted by Crippen LogP contribution is -2.34. The van der Waals surface area contributed by atoms with Crippen LogP contribution in [-0.2, 0) is 10.2 Å². The zero-order valence-electron chi connectivity index (χ0n) is 18.8. The van der Waals surface area contributed by atoms with Gasteiger partial charge in [0.15, 0.2) is 5.75 Å². The maximum Gasteiger partial charge on any atom is 0.573 e. The number of thiophene rings is 1. The van der Waals surface area contributed by atoms with Crippen molar-refractivity contribution >= 4 is 39.9 Å². The van der Waals surface area contributed by atoms with Gasteiger partial charge < -0.3 is 20.3 Å². The van der Waals surface area contributed by atoms with Gasteiger partial charge in [-0.2, -0.15) is 0 Å². The third-order valence-electron chi connectivity index (χ3n) is 4.89. The van der Waals surface area contributed by atoms with Crippen LogP contribution in [0.25, 0.3) is 0 Å². The number of hydrogen-bond acceptors (Lipinski definition) is 5. The average Bonchev–Trinajstić information content (AvgIpc) is 3.02. The highest BCUT2D eigenvalue weighted by Crippen LogP contribution is 2.37. The van der Waals surface area contributed by atoms with Crippen LogP contribution in [0.15, 0.2) is 30.3 Å². The first-order valence-electron chi connectivity index (χ1n) is 10.5. The van der Waals surface area contributed by atoms with Crippen molar-refractivity contribution in [3.8, 4) is 5.75 Å². The second kappa shape index (κ2) is 9.92. The summed E-state index contributed by atoms with van der Waals surface area (Å²) in [5.41, 5.74) is -0.256. The highest BCUT2D eigenvalue weighted by molar-refractivity contribution is 7.16. The predicted octanol–water partition coefficient (Wildman–Crippen LogP) is 4.55. The van der Waals surface area contributed by atoms with E-state index in [-0.39, 0.29) is 46.4 Å². The standard InChI is InChI=1S/C22H25F3N4O4S/c1-21(2,3)16-12-13(19(31)29-10-8-17(30)26-9-11-29)18(34-16)28-20(32)27-14-6-4-5-7-15(14)33-22(23,24)25/h4-7,12H,8-11H2,1-3H3,(H,26,30)(H2,27,28,32). The van der Waals surface area contributed by atoms with Crippen molar-refractivity contribution in [1.29, 1.82) is 0 Å². The normalized spacial score (nSPS) is 14.8. The highest BCUT2D eigenvalue weighted by atomic mass is 32.1. The minimum Gasteiger partial charge on any atom is -0.404 e. The van der Waals surface area contributed by atoms with E-state index in [1.807, 2.05) is 20.8 Å². The summed E-state index contributed by atoms with van der Waals surface area (Å²) in [6.45, 7) is 6.74. The smallest absolute Gasteiger partial charge is 0.404 e. The lowest BCUT2D eigenvalue weighted by atomic mass is 9.94. The van der Waals surface area contributed by atoms with Gasteiger partial charge >= 0.3 is 12.4 Å². The number of benzene rings is 1. The van der Waals surface area contributed by atoms with Crippen LogP contribution in [0.4, 0.5) is 28.7 Å². The number of anilines is 2. The lowest BCUT2D eigenvalue weighted by molar-refractivity contribution is -0.274. The fourth-order valence-electron chi connectivity index (χ4n) is 3.19. The molecule has 8 nitrogen and oxygen atoms in total. The molecule has 1 aromatic heterocycles. The molecular formula is C22H25F3N4O4S. The van der Waals surface area contributed by atoms with Crippen molar-refractivity contribution in [3.05, 3.63) is 40.8 Å². The quantitative estimate of drug-likeness (QED) is 0.576. The van der Waals surface area contributed by atoms with Crippen LogP contribution in [0.5, 0.6) is 5.75 Å². The van der Waals surface area contributed by atoms with Crippen molar-refractivity contribution < 1.29 is 32.3 Å². The summed E-state index contributed by atoms with van der Waals surface area (Å²) in [5, 5.41) is 7.89. The predicted molar refractivity (Wildman–Crippen MR) is 122 cm³/mol. The summed E-state index contributed by atoms with van der Waals surface area (Å²) in [4.78, 5) is 39.9. The molecule has 3 N–H and O–H groups in total. The largest absolute Gasteiger partial charge is 0.573 e. The van der Waals surface area contributed by atoms with E-state index in [1.165, 1.54) is 34.4 Å². The molecule has 0 aliphatic carbocycles. The van der Waals surface area contributed by atoms with E-state index in [9.17, 15) is 27.6 Å². The molecule has 1 fully saturated rings. The van der Waals surface area contributed by atoms with Gasteiger partial charge in [-0.05, 0) is 23.6 Å². The topological polar surface area (TPSA) is 99.8 Å². The number of carbonyl (C=O) groups excluding carboxylic acids is 3. The first-order chi connectivity index (χ1) is 15.8. The Bertz CT molecular complexity index is 1080. The van der Waals surface area contributed by atoms with Crippen LogP contribution >= 0.6 is 11.3 Å². The molecule has 1 aromatic carbocycles. The Kier molecular flexibility index (Phi) is 7.39. The fourth-order valence-corrected chi connectivity index (χ4v) is 4.30. The van der Waals surface area contributed by atoms with Gasteiger partial charge in [-0.1, -0.05) is 32.9 Å². The Morgan fingerprint density at radius 1 is 1.12 bits per heavy atom. The van der Waals surface area contributed by atoms with Crippen molar-refractivity contribution in [2.24, 2.45) is 0 Å². The number of ether oxygens (including phenoxy) is 1. The SMILES string of the molecule is CC(C)(C)c1cc(C(=O)N2CCNC(=O)CC2)c(NC(=O)Nc2ccccc2OC(F)(F)F)s1. The van der Waals surface area contributed by atoms with Crippen molar-refractivity contribution in [1.82, 2.24) is 10.2 Å². The summed E-state index contributed by atoms with van der Waals surface area (Å²) in [6.07, 6.45) is -4.76. The van der Waals surface area contributed by atoms with E-state index in [0.717, 1.165) is 10.9 Å². The van der Waals surface area contributed by atoms with Crippen LogP contribution < -0.4 is 20.7 Å². The van der Waals surface area contributed by atoms with Crippen LogP contribution in [0.1, 0.15) is 42.4 Å². The highest BCUT2D eigenvalue weighted by Gasteiger charge is 2.32. The number of nitrogens with one attached hydrogen (secondary N) is 3. The number of halogens is 3. The molecule has 0 radical (unpaired) electrons. The van der Waals surface area contributed by atoms with Crippen LogP contribution in [0.3, 0.4) is 0 Å². The maximum atomic E-state index is 13.2. The molecule has 3 rings (SSSR count). The molecular weight excluding hydrogens is 473 g/mol. The van der Waals surface area contributed by atoms with Gasteiger partial charge in [-0.25, -0.2) is 4.79 Å². The zero-order chi connectivity index (χ0) is 25.1. The third-order valence-corrected chi connectivity index (χ3v) is 6.37. The molecule has 0 spiro atoms. The van der Waals surface area contributed by atoms with Crippen LogP contribution in [-0.4, -0.2) is 48.7 Å². The van der Waals surface area contributed by atoms with Gasteiger partial charge in [0.25, 0.3) is 5.91 Å². The van der Waals surface area contributed by atoms with Gasteiger partial charge in [-0.3, -0.25) is 14.9 Å². The Morgan fingerprint density at radius 2 is 1.82 bits per heavy atom. The molecule has 184 valence electrons. The number of hydrogen-bond donors (Lipinski definition) is 3. The van der Waals surface area contributed by atoms with Gasteiger partial charge in [0.2, 0.25) is 5.91 Å². The fraction of sp³-hybridized carbons (Fsp3) is 0.409. The molecule has 0 unspecified atom stereocenters. The second-order valence-corrected chi connectivity index (χ2v) is 9.67. The molecule has 4 amide bonds. The number of carbonyl (C=O) groups is 3. The van der Waals surface area contributed by atoms with E-state index < -0.39 is 18.1 Å². The molecule has 0 atom stereocenters. The number of nitrogens with zero attached hydrogens (tertiary/aromatic N) is 1. The zero-order valence-corrected chi connectivity index (χ0v) is 19.7. The van der Waals surface area contributed by atoms with E-state index in [0.29, 0.717) is 13.1 Å². The minimum absolute atomic E-state index is 0.145. The number of rotatable bonds is 4. The molecule has 1 aliphatic heterocycles. The molecule has 2 aromatic rings. The minimum atomic E-state index is -4.92. The third kappa shape index (κ3) is 6.62. The second-order valence-electron chi connectivity index (χ2n) is 8.62. The van der Waals surface area contributed by atoms with Gasteiger partial charge in [0.05, 0.1) is 11.3 Å². The Hall–Kier alpha value is -3.28. The summed E-state index contributed by atoms with van der Waals surface area (Å²) >= 11 is 1.20. The summed E-state index contributed by atoms with van der Waals surface area (Å²) in [6, 6.07) is 6.01. The van der Waals surface area contributed by atoms with Crippen molar-refractivity contribution in [2.45, 2.75) is 39.0 Å². The Morgan fingerprint density at radius 3 is 2.50 bits per heavy atom. The lowest BCUT2D eigenvalue weighted by Gasteiger charge is -2.20. The molecule has 1 aliphatic rings. The van der Waals surface area contributed by atoms with Gasteiger partial charge in [0.1, 0.15) is 5.00 Å². The molecule has 34 heavy (non-hydrogen) atoms. The van der Waals surface area contributed by atoms with E-state index in [2.05, 4.69) is 20.7 Å². The van der Waals surface area contributed by atoms with Crippen LogP contribution in [0, 0.1) is 0 Å². The Balaban J connectivity index is 1.84. The molecule has 2 heterocycles. The number of urea groups is 1. The van der Waals surface area contributed by atoms with E-state index in [4.69, 9.17) is 0 Å². The monoisotopic (exact) mass is 498 g/mol. The number of amides is 4. The van der Waals surface area contributed by atoms with E-state index >= 15 is 0 Å². The molecule has 0 saturated carbocycles. The summed E-state index contributed by atoms with van der Waals surface area (Å²) in [5.74, 6) is -1.06. The molecule has 0 bridgehead atoms. The molecule has 1 saturated heterocycles. The van der Waals surface area contributed by atoms with Gasteiger partial charge in [0, 0.05) is 30.9 Å². The number of alkyl halides is 3. The van der Waals surface area contributed by atoms with Crippen LogP contribution in [0.2, 0.25) is 0 Å². The Labute approximate surface area is 198 Å². The van der Waals surface area contributed by atoms with Crippen molar-refractivity contribution in [3.63, 3.8) is 0 Å². The summed E-state index contributed by atoms with van der Waals surface area (Å²) < 4.78 is 42.0. The average molecular weight is 499 g/mol. The summed E-state index contributed by atoms with van der Waals surface area (Å²) in [7, 11) is 0. The first-order valence-corrected chi connectivity index (χ1v) is 11.3. The van der Waals surface area contributed by atoms with Gasteiger partial charge in [-0.15, -0.1) is 24.5 Å². The molecule has 12 heteroatoms. The maximum absolute atomic E-state index is 13.2. The van der Waals surface area contributed by atoms with Crippen molar-refractivity contribution in [2.75, 3.05) is 30.3 Å². The number of para-hydroxylation sites is 2.